The minimum absolute atomic E-state index is 0.261. The molecule has 0 unspecified atom stereocenters. The summed E-state index contributed by atoms with van der Waals surface area (Å²) >= 11 is 0. The maximum atomic E-state index is 5.78. The first-order chi connectivity index (χ1) is 9.81. The van der Waals surface area contributed by atoms with Gasteiger partial charge < -0.3 is 10.7 Å². The summed E-state index contributed by atoms with van der Waals surface area (Å²) in [6, 6.07) is 6.56. The molecule has 0 spiro atoms. The van der Waals surface area contributed by atoms with Crippen LogP contribution in [0.25, 0.3) is 22.4 Å². The van der Waals surface area contributed by atoms with Gasteiger partial charge >= 0.3 is 0 Å². The topological polar surface area (TPSA) is 80.5 Å². The van der Waals surface area contributed by atoms with E-state index in [1.54, 1.807) is 6.33 Å². The lowest BCUT2D eigenvalue weighted by atomic mass is 9.90. The number of hydrogen-bond acceptors (Lipinski definition) is 4. The van der Waals surface area contributed by atoms with Gasteiger partial charge in [0.1, 0.15) is 11.2 Å². The van der Waals surface area contributed by atoms with E-state index in [-0.39, 0.29) is 5.95 Å². The second-order valence-corrected chi connectivity index (χ2v) is 5.22. The molecule has 0 aliphatic heterocycles. The molecule has 0 atom stereocenters. The van der Waals surface area contributed by atoms with E-state index in [1.807, 2.05) is 0 Å². The summed E-state index contributed by atoms with van der Waals surface area (Å²) in [5.74, 6) is 0.261. The van der Waals surface area contributed by atoms with Crippen LogP contribution in [0.5, 0.6) is 0 Å². The Morgan fingerprint density at radius 1 is 1.05 bits per heavy atom. The number of nitrogens with zero attached hydrogens (tertiary/aromatic N) is 3. The van der Waals surface area contributed by atoms with Crippen molar-refractivity contribution in [3.8, 4) is 11.3 Å². The van der Waals surface area contributed by atoms with E-state index in [1.165, 1.54) is 30.4 Å². The lowest BCUT2D eigenvalue weighted by molar-refractivity contribution is 0.686. The number of aromatic nitrogens is 4. The molecular weight excluding hydrogens is 250 g/mol. The van der Waals surface area contributed by atoms with Crippen LogP contribution >= 0.6 is 0 Å². The van der Waals surface area contributed by atoms with Crippen LogP contribution in [-0.4, -0.2) is 19.9 Å². The lowest BCUT2D eigenvalue weighted by Crippen LogP contribution is -2.03. The number of rotatable bonds is 1. The second kappa shape index (κ2) is 4.30. The van der Waals surface area contributed by atoms with Gasteiger partial charge in [-0.3, -0.25) is 0 Å². The van der Waals surface area contributed by atoms with Crippen LogP contribution in [0.2, 0.25) is 0 Å². The molecule has 5 heteroatoms. The van der Waals surface area contributed by atoms with Crippen molar-refractivity contribution in [1.29, 1.82) is 0 Å². The first-order valence-electron chi connectivity index (χ1n) is 6.90. The third kappa shape index (κ3) is 1.74. The zero-order chi connectivity index (χ0) is 13.5. The molecule has 3 aromatic rings. The fourth-order valence-electron chi connectivity index (χ4n) is 2.94. The summed E-state index contributed by atoms with van der Waals surface area (Å²) in [7, 11) is 0. The van der Waals surface area contributed by atoms with E-state index in [4.69, 9.17) is 5.73 Å². The monoisotopic (exact) mass is 265 g/mol. The minimum atomic E-state index is 0.261. The molecular formula is C15H15N5. The highest BCUT2D eigenvalue weighted by Gasteiger charge is 2.14. The number of hydrogen-bond donors (Lipinski definition) is 2. The Bertz CT molecular complexity index is 790. The normalized spacial score (nSPS) is 14.4. The molecule has 20 heavy (non-hydrogen) atoms. The van der Waals surface area contributed by atoms with Crippen LogP contribution in [0.3, 0.4) is 0 Å². The standard InChI is InChI=1S/C15H15N5/c16-15-19-12(13-14(20-15)18-8-17-13)11-6-5-9-3-1-2-4-10(9)7-11/h5-8H,1-4H2,(H3,16,17,18,19,20). The molecule has 0 saturated carbocycles. The average Bonchev–Trinajstić information content (AvgIpc) is 2.94. The predicted molar refractivity (Wildman–Crippen MR) is 78.2 cm³/mol. The van der Waals surface area contributed by atoms with Crippen molar-refractivity contribution in [1.82, 2.24) is 19.9 Å². The molecule has 2 aromatic heterocycles. The van der Waals surface area contributed by atoms with Gasteiger partial charge in [0.15, 0.2) is 5.65 Å². The maximum Gasteiger partial charge on any atom is 0.222 e. The lowest BCUT2D eigenvalue weighted by Gasteiger charge is -2.16. The Morgan fingerprint density at radius 3 is 2.80 bits per heavy atom. The van der Waals surface area contributed by atoms with Crippen molar-refractivity contribution < 1.29 is 0 Å². The Balaban J connectivity index is 1.92. The first-order valence-corrected chi connectivity index (χ1v) is 6.90. The molecule has 0 fully saturated rings. The highest BCUT2D eigenvalue weighted by molar-refractivity contribution is 5.88. The van der Waals surface area contributed by atoms with Crippen molar-refractivity contribution >= 4 is 17.1 Å². The Hall–Kier alpha value is -2.43. The number of nitrogens with two attached hydrogens (primary N) is 1. The number of anilines is 1. The highest BCUT2D eigenvalue weighted by Crippen LogP contribution is 2.29. The first kappa shape index (κ1) is 11.4. The van der Waals surface area contributed by atoms with Gasteiger partial charge in [-0.2, -0.15) is 4.98 Å². The van der Waals surface area contributed by atoms with E-state index >= 15 is 0 Å². The van der Waals surface area contributed by atoms with Crippen molar-refractivity contribution in [2.24, 2.45) is 0 Å². The van der Waals surface area contributed by atoms with Crippen LogP contribution in [-0.2, 0) is 12.8 Å². The van der Waals surface area contributed by atoms with Crippen molar-refractivity contribution in [3.05, 3.63) is 35.7 Å². The molecule has 3 N–H and O–H groups in total. The van der Waals surface area contributed by atoms with Gasteiger partial charge in [0.2, 0.25) is 5.95 Å². The van der Waals surface area contributed by atoms with Gasteiger partial charge in [-0.25, -0.2) is 9.97 Å². The number of benzene rings is 1. The molecule has 0 radical (unpaired) electrons. The van der Waals surface area contributed by atoms with Crippen LogP contribution < -0.4 is 5.73 Å². The van der Waals surface area contributed by atoms with Crippen LogP contribution in [0.1, 0.15) is 24.0 Å². The molecule has 0 bridgehead atoms. The average molecular weight is 265 g/mol. The van der Waals surface area contributed by atoms with Crippen LogP contribution in [0.15, 0.2) is 24.5 Å². The molecule has 2 heterocycles. The van der Waals surface area contributed by atoms with E-state index < -0.39 is 0 Å². The Labute approximate surface area is 116 Å². The Morgan fingerprint density at radius 2 is 1.90 bits per heavy atom. The minimum Gasteiger partial charge on any atom is -0.368 e. The smallest absolute Gasteiger partial charge is 0.222 e. The summed E-state index contributed by atoms with van der Waals surface area (Å²) < 4.78 is 0. The summed E-state index contributed by atoms with van der Waals surface area (Å²) in [6.07, 6.45) is 6.51. The highest BCUT2D eigenvalue weighted by atomic mass is 15.1. The van der Waals surface area contributed by atoms with Gasteiger partial charge in [-0.05, 0) is 42.9 Å². The molecule has 0 saturated heterocycles. The van der Waals surface area contributed by atoms with Crippen molar-refractivity contribution in [3.63, 3.8) is 0 Å². The van der Waals surface area contributed by atoms with E-state index in [9.17, 15) is 0 Å². The largest absolute Gasteiger partial charge is 0.368 e. The molecule has 0 amide bonds. The van der Waals surface area contributed by atoms with Crippen molar-refractivity contribution in [2.45, 2.75) is 25.7 Å². The number of aromatic amines is 1. The predicted octanol–water partition coefficient (Wildman–Crippen LogP) is 2.48. The fraction of sp³-hybridized carbons (Fsp3) is 0.267. The van der Waals surface area contributed by atoms with E-state index in [0.29, 0.717) is 5.65 Å². The maximum absolute atomic E-state index is 5.78. The molecule has 1 aliphatic carbocycles. The molecule has 1 aliphatic rings. The molecule has 5 nitrogen and oxygen atoms in total. The molecule has 1 aromatic carbocycles. The third-order valence-electron chi connectivity index (χ3n) is 3.92. The van der Waals surface area contributed by atoms with Crippen LogP contribution in [0, 0.1) is 0 Å². The summed E-state index contributed by atoms with van der Waals surface area (Å²) in [4.78, 5) is 15.8. The van der Waals surface area contributed by atoms with Gasteiger partial charge in [-0.15, -0.1) is 0 Å². The molecule has 4 rings (SSSR count). The number of imidazole rings is 1. The fourth-order valence-corrected chi connectivity index (χ4v) is 2.94. The number of fused-ring (bicyclic) bond motifs is 2. The summed E-state index contributed by atoms with van der Waals surface area (Å²) in [5.41, 5.74) is 12.0. The SMILES string of the molecule is Nc1nc(-c2ccc3c(c2)CCCC3)c2[nH]cnc2n1. The number of aryl methyl sites for hydroxylation is 2. The van der Waals surface area contributed by atoms with Gasteiger partial charge in [0.25, 0.3) is 0 Å². The number of H-pyrrole nitrogens is 1. The zero-order valence-electron chi connectivity index (χ0n) is 11.1. The van der Waals surface area contributed by atoms with Crippen LogP contribution in [0.4, 0.5) is 5.95 Å². The second-order valence-electron chi connectivity index (χ2n) is 5.22. The summed E-state index contributed by atoms with van der Waals surface area (Å²) in [5, 5.41) is 0. The van der Waals surface area contributed by atoms with E-state index in [0.717, 1.165) is 23.2 Å². The number of nitrogen functional groups attached to an aromatic ring is 1. The number of nitrogens with one attached hydrogen (secondary N) is 1. The Kier molecular flexibility index (Phi) is 2.45. The molecule has 100 valence electrons. The van der Waals surface area contributed by atoms with Crippen molar-refractivity contribution in [2.75, 3.05) is 5.73 Å². The summed E-state index contributed by atoms with van der Waals surface area (Å²) in [6.45, 7) is 0. The zero-order valence-corrected chi connectivity index (χ0v) is 11.1. The van der Waals surface area contributed by atoms with Gasteiger partial charge in [-0.1, -0.05) is 12.1 Å². The van der Waals surface area contributed by atoms with Gasteiger partial charge in [0, 0.05) is 5.56 Å². The van der Waals surface area contributed by atoms with E-state index in [2.05, 4.69) is 38.1 Å². The third-order valence-corrected chi connectivity index (χ3v) is 3.92. The van der Waals surface area contributed by atoms with Gasteiger partial charge in [0.05, 0.1) is 6.33 Å². The quantitative estimate of drug-likeness (QED) is 0.708.